The Bertz CT molecular complexity index is 459. The Morgan fingerprint density at radius 1 is 1.50 bits per heavy atom. The van der Waals surface area contributed by atoms with E-state index < -0.39 is 5.97 Å². The highest BCUT2D eigenvalue weighted by Crippen LogP contribution is 2.27. The first-order valence-electron chi connectivity index (χ1n) is 5.87. The number of hydrogen-bond acceptors (Lipinski definition) is 5. The molecule has 1 unspecified atom stereocenters. The van der Waals surface area contributed by atoms with Crippen LogP contribution < -0.4 is 0 Å². The third kappa shape index (κ3) is 3.00. The quantitative estimate of drug-likeness (QED) is 0.664. The molecule has 0 radical (unpaired) electrons. The van der Waals surface area contributed by atoms with Crippen molar-refractivity contribution in [1.82, 2.24) is 9.97 Å². The van der Waals surface area contributed by atoms with Crippen molar-refractivity contribution in [2.75, 3.05) is 19.0 Å². The predicted octanol–water partition coefficient (Wildman–Crippen LogP) is 1.92. The van der Waals surface area contributed by atoms with Crippen molar-refractivity contribution >= 4 is 17.7 Å². The normalized spacial score (nSPS) is 19.1. The molecule has 1 aromatic heterocycles. The number of ether oxygens (including phenoxy) is 1. The van der Waals surface area contributed by atoms with Gasteiger partial charge in [0.2, 0.25) is 0 Å². The number of hydrogen-bond donors (Lipinski definition) is 1. The second kappa shape index (κ2) is 5.67. The van der Waals surface area contributed by atoms with Crippen LogP contribution in [0, 0.1) is 19.8 Å². The monoisotopic (exact) mass is 268 g/mol. The number of aromatic carboxylic acids is 1. The average molecular weight is 268 g/mol. The summed E-state index contributed by atoms with van der Waals surface area (Å²) in [7, 11) is 0. The van der Waals surface area contributed by atoms with E-state index in [2.05, 4.69) is 9.97 Å². The lowest BCUT2D eigenvalue weighted by atomic mass is 10.2. The molecule has 5 nitrogen and oxygen atoms in total. The van der Waals surface area contributed by atoms with Gasteiger partial charge in [0.25, 0.3) is 0 Å². The molecule has 1 aliphatic heterocycles. The van der Waals surface area contributed by atoms with Crippen LogP contribution in [0.1, 0.15) is 28.3 Å². The van der Waals surface area contributed by atoms with Crippen molar-refractivity contribution in [3.8, 4) is 0 Å². The molecule has 0 bridgehead atoms. The molecule has 18 heavy (non-hydrogen) atoms. The predicted molar refractivity (Wildman–Crippen MR) is 68.1 cm³/mol. The van der Waals surface area contributed by atoms with E-state index in [0.717, 1.165) is 25.4 Å². The van der Waals surface area contributed by atoms with Crippen molar-refractivity contribution in [1.29, 1.82) is 0 Å². The van der Waals surface area contributed by atoms with Gasteiger partial charge in [-0.05, 0) is 26.2 Å². The molecule has 0 aliphatic carbocycles. The first-order chi connectivity index (χ1) is 8.58. The maximum atomic E-state index is 11.2. The van der Waals surface area contributed by atoms with Gasteiger partial charge in [-0.2, -0.15) is 0 Å². The van der Waals surface area contributed by atoms with Crippen LogP contribution in [0.5, 0.6) is 0 Å². The number of nitrogens with zero attached hydrogens (tertiary/aromatic N) is 2. The maximum absolute atomic E-state index is 11.2. The topological polar surface area (TPSA) is 72.3 Å². The number of thioether (sulfide) groups is 1. The minimum absolute atomic E-state index is 0.226. The molecular formula is C12H16N2O3S. The summed E-state index contributed by atoms with van der Waals surface area (Å²) in [5.74, 6) is 0.989. The molecule has 1 aliphatic rings. The molecule has 1 fully saturated rings. The van der Waals surface area contributed by atoms with Crippen LogP contribution in [0.2, 0.25) is 0 Å². The van der Waals surface area contributed by atoms with Gasteiger partial charge in [-0.25, -0.2) is 14.8 Å². The fourth-order valence-corrected chi connectivity index (χ4v) is 3.18. The second-order valence-electron chi connectivity index (χ2n) is 4.38. The number of carbonyl (C=O) groups is 1. The van der Waals surface area contributed by atoms with E-state index in [4.69, 9.17) is 4.74 Å². The number of rotatable bonds is 4. The van der Waals surface area contributed by atoms with Gasteiger partial charge >= 0.3 is 5.97 Å². The Labute approximate surface area is 110 Å². The fraction of sp³-hybridized carbons (Fsp3) is 0.583. The summed E-state index contributed by atoms with van der Waals surface area (Å²) < 4.78 is 5.31. The number of carboxylic acids is 1. The average Bonchev–Trinajstić information content (AvgIpc) is 2.77. The molecule has 0 amide bonds. The minimum atomic E-state index is -0.960. The summed E-state index contributed by atoms with van der Waals surface area (Å²) >= 11 is 1.49. The zero-order valence-electron chi connectivity index (χ0n) is 10.5. The van der Waals surface area contributed by atoms with Crippen LogP contribution in [0.4, 0.5) is 0 Å². The van der Waals surface area contributed by atoms with Crippen molar-refractivity contribution in [2.45, 2.75) is 25.3 Å². The minimum Gasteiger partial charge on any atom is -0.478 e. The van der Waals surface area contributed by atoms with Gasteiger partial charge in [0.05, 0.1) is 12.3 Å². The van der Waals surface area contributed by atoms with Gasteiger partial charge < -0.3 is 9.84 Å². The van der Waals surface area contributed by atoms with Crippen LogP contribution in [0.3, 0.4) is 0 Å². The first-order valence-corrected chi connectivity index (χ1v) is 6.85. The summed E-state index contributed by atoms with van der Waals surface area (Å²) in [6, 6.07) is 0. The molecular weight excluding hydrogens is 252 g/mol. The molecule has 0 aromatic carbocycles. The highest BCUT2D eigenvalue weighted by Gasteiger charge is 2.21. The number of carboxylic acid groups (broad SMARTS) is 1. The van der Waals surface area contributed by atoms with E-state index >= 15 is 0 Å². The molecule has 1 saturated heterocycles. The second-order valence-corrected chi connectivity index (χ2v) is 5.39. The standard InChI is InChI=1S/C12H16N2O3S/c1-7-10(12(15)16)11(14-8(2)13-7)18-6-9-3-4-17-5-9/h9H,3-6H2,1-2H3,(H,15,16). The van der Waals surface area contributed by atoms with Gasteiger partial charge in [-0.15, -0.1) is 11.8 Å². The van der Waals surface area contributed by atoms with E-state index in [1.165, 1.54) is 11.8 Å². The van der Waals surface area contributed by atoms with Crippen molar-refractivity contribution in [3.05, 3.63) is 17.1 Å². The maximum Gasteiger partial charge on any atom is 0.340 e. The van der Waals surface area contributed by atoms with Gasteiger partial charge in [0.15, 0.2) is 0 Å². The smallest absolute Gasteiger partial charge is 0.340 e. The number of aromatic nitrogens is 2. The van der Waals surface area contributed by atoms with Crippen molar-refractivity contribution < 1.29 is 14.6 Å². The lowest BCUT2D eigenvalue weighted by molar-refractivity contribution is 0.0690. The van der Waals surface area contributed by atoms with Crippen LogP contribution >= 0.6 is 11.8 Å². The van der Waals surface area contributed by atoms with Gasteiger partial charge in [0, 0.05) is 12.4 Å². The SMILES string of the molecule is Cc1nc(C)c(C(=O)O)c(SCC2CCOC2)n1. The highest BCUT2D eigenvalue weighted by atomic mass is 32.2. The van der Waals surface area contributed by atoms with E-state index in [0.29, 0.717) is 22.5 Å². The Kier molecular flexibility index (Phi) is 4.19. The van der Waals surface area contributed by atoms with E-state index in [9.17, 15) is 9.90 Å². The van der Waals surface area contributed by atoms with E-state index in [1.807, 2.05) is 0 Å². The molecule has 98 valence electrons. The van der Waals surface area contributed by atoms with E-state index in [1.54, 1.807) is 13.8 Å². The third-order valence-corrected chi connectivity index (χ3v) is 4.07. The van der Waals surface area contributed by atoms with Crippen molar-refractivity contribution in [3.63, 3.8) is 0 Å². The molecule has 1 aromatic rings. The summed E-state index contributed by atoms with van der Waals surface area (Å²) in [6.45, 7) is 5.06. The fourth-order valence-electron chi connectivity index (χ4n) is 1.94. The third-order valence-electron chi connectivity index (χ3n) is 2.86. The highest BCUT2D eigenvalue weighted by molar-refractivity contribution is 7.99. The summed E-state index contributed by atoms with van der Waals surface area (Å²) in [6.07, 6.45) is 1.04. The molecule has 1 atom stereocenters. The molecule has 6 heteroatoms. The van der Waals surface area contributed by atoms with Crippen LogP contribution in [-0.4, -0.2) is 40.0 Å². The lowest BCUT2D eigenvalue weighted by Crippen LogP contribution is -2.10. The van der Waals surface area contributed by atoms with Crippen LogP contribution in [0.15, 0.2) is 5.03 Å². The molecule has 0 spiro atoms. The summed E-state index contributed by atoms with van der Waals surface area (Å²) in [5, 5.41) is 9.78. The zero-order valence-corrected chi connectivity index (χ0v) is 11.3. The van der Waals surface area contributed by atoms with Gasteiger partial charge in [-0.3, -0.25) is 0 Å². The lowest BCUT2D eigenvalue weighted by Gasteiger charge is -2.10. The molecule has 2 heterocycles. The summed E-state index contributed by atoms with van der Waals surface area (Å²) in [4.78, 5) is 19.6. The summed E-state index contributed by atoms with van der Waals surface area (Å²) in [5.41, 5.74) is 0.754. The van der Waals surface area contributed by atoms with E-state index in [-0.39, 0.29) is 5.56 Å². The van der Waals surface area contributed by atoms with Crippen LogP contribution in [-0.2, 0) is 4.74 Å². The molecule has 2 rings (SSSR count). The van der Waals surface area contributed by atoms with Gasteiger partial charge in [0.1, 0.15) is 16.4 Å². The first kappa shape index (κ1) is 13.3. The Morgan fingerprint density at radius 2 is 2.28 bits per heavy atom. The Morgan fingerprint density at radius 3 is 2.89 bits per heavy atom. The van der Waals surface area contributed by atoms with Crippen LogP contribution in [0.25, 0.3) is 0 Å². The Balaban J connectivity index is 2.16. The molecule has 0 saturated carbocycles. The Hall–Kier alpha value is -1.14. The van der Waals surface area contributed by atoms with Gasteiger partial charge in [-0.1, -0.05) is 0 Å². The number of aryl methyl sites for hydroxylation is 2. The largest absolute Gasteiger partial charge is 0.478 e. The molecule has 1 N–H and O–H groups in total. The van der Waals surface area contributed by atoms with Crippen molar-refractivity contribution in [2.24, 2.45) is 5.92 Å². The zero-order chi connectivity index (χ0) is 13.1.